The number of hydrogen-bond donors (Lipinski definition) is 1. The van der Waals surface area contributed by atoms with Crippen LogP contribution in [0.25, 0.3) is 10.9 Å². The van der Waals surface area contributed by atoms with E-state index in [0.29, 0.717) is 6.04 Å². The Kier molecular flexibility index (Phi) is 2.73. The smallest absolute Gasteiger partial charge is 0.146 e. The van der Waals surface area contributed by atoms with Crippen molar-refractivity contribution < 1.29 is 4.52 Å². The molecule has 15 heavy (non-hydrogen) atoms. The molecule has 0 saturated heterocycles. The summed E-state index contributed by atoms with van der Waals surface area (Å²) in [5.74, 6) is 0.968. The molecule has 1 atom stereocenters. The quantitative estimate of drug-likeness (QED) is 0.833. The Morgan fingerprint density at radius 2 is 2.27 bits per heavy atom. The zero-order chi connectivity index (χ0) is 10.8. The van der Waals surface area contributed by atoms with Crippen LogP contribution in [0.1, 0.15) is 18.2 Å². The summed E-state index contributed by atoms with van der Waals surface area (Å²) in [5, 5.41) is 8.38. The number of nitrogens with zero attached hydrogens (tertiary/aromatic N) is 1. The number of benzene rings is 1. The van der Waals surface area contributed by atoms with Gasteiger partial charge in [0.15, 0.2) is 0 Å². The van der Waals surface area contributed by atoms with Gasteiger partial charge in [0.1, 0.15) is 11.3 Å². The van der Waals surface area contributed by atoms with Crippen LogP contribution in [0, 0.1) is 6.92 Å². The summed E-state index contributed by atoms with van der Waals surface area (Å²) < 4.78 is 5.35. The molecule has 0 saturated carbocycles. The average molecular weight is 204 g/mol. The molecule has 3 heteroatoms. The summed E-state index contributed by atoms with van der Waals surface area (Å²) in [5.41, 5.74) is 2.18. The third-order valence-corrected chi connectivity index (χ3v) is 2.69. The van der Waals surface area contributed by atoms with Crippen molar-refractivity contribution in [1.29, 1.82) is 0 Å². The van der Waals surface area contributed by atoms with Crippen molar-refractivity contribution in [3.8, 4) is 0 Å². The summed E-state index contributed by atoms with van der Waals surface area (Å²) >= 11 is 0. The largest absolute Gasteiger partial charge is 0.360 e. The highest BCUT2D eigenvalue weighted by molar-refractivity contribution is 5.81. The van der Waals surface area contributed by atoms with Crippen molar-refractivity contribution in [2.45, 2.75) is 26.3 Å². The average Bonchev–Trinajstić information content (AvgIpc) is 2.61. The van der Waals surface area contributed by atoms with Crippen LogP contribution in [-0.2, 0) is 6.42 Å². The topological polar surface area (TPSA) is 38.1 Å². The first-order valence-electron chi connectivity index (χ1n) is 5.23. The van der Waals surface area contributed by atoms with Gasteiger partial charge in [0, 0.05) is 17.8 Å². The third kappa shape index (κ3) is 2.02. The van der Waals surface area contributed by atoms with Crippen molar-refractivity contribution in [3.05, 3.63) is 29.5 Å². The maximum absolute atomic E-state index is 5.35. The number of likely N-dealkylation sites (N-methyl/N-ethyl adjacent to an activating group) is 1. The van der Waals surface area contributed by atoms with E-state index in [1.807, 2.05) is 13.1 Å². The van der Waals surface area contributed by atoms with Crippen molar-refractivity contribution >= 4 is 10.9 Å². The van der Waals surface area contributed by atoms with Crippen LogP contribution < -0.4 is 5.32 Å². The molecule has 3 nitrogen and oxygen atoms in total. The minimum absolute atomic E-state index is 0.404. The third-order valence-electron chi connectivity index (χ3n) is 2.69. The van der Waals surface area contributed by atoms with Crippen LogP contribution >= 0.6 is 0 Å². The second-order valence-corrected chi connectivity index (χ2v) is 4.02. The van der Waals surface area contributed by atoms with Gasteiger partial charge < -0.3 is 9.84 Å². The number of hydrogen-bond acceptors (Lipinski definition) is 3. The highest BCUT2D eigenvalue weighted by atomic mass is 16.5. The lowest BCUT2D eigenvalue weighted by Gasteiger charge is -2.06. The van der Waals surface area contributed by atoms with Crippen LogP contribution in [0.4, 0.5) is 0 Å². The molecule has 1 aromatic heterocycles. The zero-order valence-corrected chi connectivity index (χ0v) is 9.37. The van der Waals surface area contributed by atoms with Crippen molar-refractivity contribution in [1.82, 2.24) is 10.5 Å². The van der Waals surface area contributed by atoms with Gasteiger partial charge >= 0.3 is 0 Å². The Morgan fingerprint density at radius 1 is 1.47 bits per heavy atom. The minimum atomic E-state index is 0.404. The van der Waals surface area contributed by atoms with Crippen LogP contribution in [0.3, 0.4) is 0 Å². The van der Waals surface area contributed by atoms with Gasteiger partial charge in [-0.3, -0.25) is 0 Å². The number of fused-ring (bicyclic) bond motifs is 1. The first-order valence-corrected chi connectivity index (χ1v) is 5.23. The SMILES string of the molecule is CNC(C)Cc1onc2ccc(C)cc12. The Hall–Kier alpha value is -1.35. The van der Waals surface area contributed by atoms with E-state index in [1.165, 1.54) is 5.56 Å². The second-order valence-electron chi connectivity index (χ2n) is 4.02. The normalized spacial score (nSPS) is 13.3. The van der Waals surface area contributed by atoms with Gasteiger partial charge in [-0.15, -0.1) is 0 Å². The van der Waals surface area contributed by atoms with Crippen LogP contribution in [0.15, 0.2) is 22.7 Å². The molecular formula is C12H16N2O. The molecule has 1 aromatic carbocycles. The van der Waals surface area contributed by atoms with E-state index in [0.717, 1.165) is 23.1 Å². The lowest BCUT2D eigenvalue weighted by Crippen LogP contribution is -2.23. The maximum atomic E-state index is 5.35. The maximum Gasteiger partial charge on any atom is 0.146 e. The Bertz CT molecular complexity index is 462. The molecule has 0 aliphatic carbocycles. The molecule has 0 spiro atoms. The predicted octanol–water partition coefficient (Wildman–Crippen LogP) is 2.29. The predicted molar refractivity (Wildman–Crippen MR) is 61.0 cm³/mol. The van der Waals surface area contributed by atoms with Gasteiger partial charge in [0.25, 0.3) is 0 Å². The highest BCUT2D eigenvalue weighted by Crippen LogP contribution is 2.20. The molecule has 2 rings (SSSR count). The zero-order valence-electron chi connectivity index (χ0n) is 9.37. The summed E-state index contributed by atoms with van der Waals surface area (Å²) in [6, 6.07) is 6.59. The lowest BCUT2D eigenvalue weighted by molar-refractivity contribution is 0.378. The number of aryl methyl sites for hydroxylation is 1. The van der Waals surface area contributed by atoms with E-state index in [2.05, 4.69) is 36.5 Å². The Morgan fingerprint density at radius 3 is 3.00 bits per heavy atom. The first-order chi connectivity index (χ1) is 7.20. The Labute approximate surface area is 89.5 Å². The van der Waals surface area contributed by atoms with Crippen molar-refractivity contribution in [2.75, 3.05) is 7.05 Å². The number of rotatable bonds is 3. The molecule has 1 N–H and O–H groups in total. The van der Waals surface area contributed by atoms with Gasteiger partial charge in [0.2, 0.25) is 0 Å². The summed E-state index contributed by atoms with van der Waals surface area (Å²) in [6.45, 7) is 4.21. The molecule has 0 aliphatic heterocycles. The highest BCUT2D eigenvalue weighted by Gasteiger charge is 2.10. The number of nitrogens with one attached hydrogen (secondary N) is 1. The molecule has 0 fully saturated rings. The summed E-state index contributed by atoms with van der Waals surface area (Å²) in [6.07, 6.45) is 0.871. The first kappa shape index (κ1) is 10.2. The fourth-order valence-electron chi connectivity index (χ4n) is 1.63. The van der Waals surface area contributed by atoms with Crippen molar-refractivity contribution in [3.63, 3.8) is 0 Å². The van der Waals surface area contributed by atoms with Gasteiger partial charge in [-0.05, 0) is 33.0 Å². The van der Waals surface area contributed by atoms with E-state index >= 15 is 0 Å². The van der Waals surface area contributed by atoms with Crippen molar-refractivity contribution in [2.24, 2.45) is 0 Å². The van der Waals surface area contributed by atoms with Crippen LogP contribution in [0.2, 0.25) is 0 Å². The molecular weight excluding hydrogens is 188 g/mol. The van der Waals surface area contributed by atoms with Gasteiger partial charge in [-0.1, -0.05) is 16.8 Å². The minimum Gasteiger partial charge on any atom is -0.360 e. The molecule has 1 unspecified atom stereocenters. The molecule has 0 radical (unpaired) electrons. The number of aromatic nitrogens is 1. The fourth-order valence-corrected chi connectivity index (χ4v) is 1.63. The summed E-state index contributed by atoms with van der Waals surface area (Å²) in [4.78, 5) is 0. The Balaban J connectivity index is 2.39. The van der Waals surface area contributed by atoms with Gasteiger partial charge in [-0.2, -0.15) is 0 Å². The molecule has 80 valence electrons. The van der Waals surface area contributed by atoms with E-state index in [4.69, 9.17) is 4.52 Å². The van der Waals surface area contributed by atoms with E-state index < -0.39 is 0 Å². The van der Waals surface area contributed by atoms with Gasteiger partial charge in [-0.25, -0.2) is 0 Å². The van der Waals surface area contributed by atoms with E-state index in [-0.39, 0.29) is 0 Å². The molecule has 0 amide bonds. The molecule has 2 aromatic rings. The van der Waals surface area contributed by atoms with Crippen LogP contribution in [-0.4, -0.2) is 18.2 Å². The monoisotopic (exact) mass is 204 g/mol. The van der Waals surface area contributed by atoms with Crippen LogP contribution in [0.5, 0.6) is 0 Å². The standard InChI is InChI=1S/C12H16N2O/c1-8-4-5-11-10(6-8)12(15-14-11)7-9(2)13-3/h4-6,9,13H,7H2,1-3H3. The molecule has 0 bridgehead atoms. The lowest BCUT2D eigenvalue weighted by atomic mass is 10.1. The molecule has 1 heterocycles. The molecule has 0 aliphatic rings. The van der Waals surface area contributed by atoms with E-state index in [9.17, 15) is 0 Å². The second kappa shape index (κ2) is 4.03. The summed E-state index contributed by atoms with van der Waals surface area (Å²) in [7, 11) is 1.95. The van der Waals surface area contributed by atoms with Gasteiger partial charge in [0.05, 0.1) is 0 Å². The van der Waals surface area contributed by atoms with E-state index in [1.54, 1.807) is 0 Å². The fraction of sp³-hybridized carbons (Fsp3) is 0.417.